The summed E-state index contributed by atoms with van der Waals surface area (Å²) in [6, 6.07) is 4.28. The number of pyridine rings is 1. The van der Waals surface area contributed by atoms with Gasteiger partial charge in [0.05, 0.1) is 17.4 Å². The van der Waals surface area contributed by atoms with Crippen LogP contribution in [-0.4, -0.2) is 10.9 Å². The summed E-state index contributed by atoms with van der Waals surface area (Å²) in [5, 5.41) is 2.61. The van der Waals surface area contributed by atoms with Crippen LogP contribution >= 0.6 is 0 Å². The number of carbonyl (C=O) groups excluding carboxylic acids is 1. The summed E-state index contributed by atoms with van der Waals surface area (Å²) in [5.41, 5.74) is 0.904. The van der Waals surface area contributed by atoms with Gasteiger partial charge in [-0.2, -0.15) is 4.39 Å². The molecule has 0 aliphatic carbocycles. The van der Waals surface area contributed by atoms with Crippen LogP contribution in [-0.2, 0) is 0 Å². The number of aryl methyl sites for hydroxylation is 2. The maximum atomic E-state index is 12.6. The van der Waals surface area contributed by atoms with Crippen molar-refractivity contribution in [1.82, 2.24) is 4.98 Å². The highest BCUT2D eigenvalue weighted by molar-refractivity contribution is 6.04. The molecule has 0 aliphatic rings. The first-order valence-corrected chi connectivity index (χ1v) is 5.06. The van der Waals surface area contributed by atoms with Gasteiger partial charge in [0, 0.05) is 0 Å². The van der Waals surface area contributed by atoms with Crippen LogP contribution in [0.4, 0.5) is 10.1 Å². The minimum atomic E-state index is -0.585. The van der Waals surface area contributed by atoms with Gasteiger partial charge < -0.3 is 9.73 Å². The lowest BCUT2D eigenvalue weighted by molar-refractivity contribution is 0.102. The Kier molecular flexibility index (Phi) is 2.91. The van der Waals surface area contributed by atoms with Gasteiger partial charge >= 0.3 is 0 Å². The standard InChI is InChI=1S/C12H11FN2O2/c1-7-5-10(8(2)17-7)12(16)15-9-3-4-11(13)14-6-9/h3-6H,1-2H3,(H,15,16). The molecule has 1 N–H and O–H groups in total. The number of halogens is 1. The van der Waals surface area contributed by atoms with Crippen LogP contribution in [0.25, 0.3) is 0 Å². The van der Waals surface area contributed by atoms with Gasteiger partial charge in [0.1, 0.15) is 11.5 Å². The van der Waals surface area contributed by atoms with Gasteiger partial charge in [-0.3, -0.25) is 4.79 Å². The van der Waals surface area contributed by atoms with E-state index in [1.807, 2.05) is 0 Å². The smallest absolute Gasteiger partial charge is 0.259 e. The molecule has 0 atom stereocenters. The average Bonchev–Trinajstić information content (AvgIpc) is 2.61. The lowest BCUT2D eigenvalue weighted by Gasteiger charge is -2.02. The third kappa shape index (κ3) is 2.50. The van der Waals surface area contributed by atoms with Crippen LogP contribution in [0, 0.1) is 19.8 Å². The van der Waals surface area contributed by atoms with Gasteiger partial charge in [-0.25, -0.2) is 4.98 Å². The Morgan fingerprint density at radius 3 is 2.71 bits per heavy atom. The predicted octanol–water partition coefficient (Wildman–Crippen LogP) is 2.68. The lowest BCUT2D eigenvalue weighted by atomic mass is 10.2. The van der Waals surface area contributed by atoms with E-state index >= 15 is 0 Å². The summed E-state index contributed by atoms with van der Waals surface area (Å²) in [7, 11) is 0. The van der Waals surface area contributed by atoms with E-state index in [0.29, 0.717) is 22.8 Å². The normalized spacial score (nSPS) is 10.3. The Labute approximate surface area is 97.5 Å². The third-order valence-corrected chi connectivity index (χ3v) is 2.27. The summed E-state index contributed by atoms with van der Waals surface area (Å²) in [5.74, 6) is 0.339. The van der Waals surface area contributed by atoms with Crippen LogP contribution in [0.5, 0.6) is 0 Å². The molecule has 0 spiro atoms. The van der Waals surface area contributed by atoms with E-state index in [0.717, 1.165) is 0 Å². The van der Waals surface area contributed by atoms with Crippen molar-refractivity contribution in [3.05, 3.63) is 47.4 Å². The molecule has 1 amide bonds. The van der Waals surface area contributed by atoms with E-state index in [9.17, 15) is 9.18 Å². The van der Waals surface area contributed by atoms with Gasteiger partial charge in [0.2, 0.25) is 5.95 Å². The van der Waals surface area contributed by atoms with Crippen molar-refractivity contribution in [3.63, 3.8) is 0 Å². The monoisotopic (exact) mass is 234 g/mol. The zero-order chi connectivity index (χ0) is 12.4. The molecular formula is C12H11FN2O2. The van der Waals surface area contributed by atoms with Crippen molar-refractivity contribution in [2.24, 2.45) is 0 Å². The number of aromatic nitrogens is 1. The number of amides is 1. The highest BCUT2D eigenvalue weighted by Gasteiger charge is 2.13. The highest BCUT2D eigenvalue weighted by Crippen LogP contribution is 2.15. The zero-order valence-electron chi connectivity index (χ0n) is 9.45. The molecule has 88 valence electrons. The van der Waals surface area contributed by atoms with Crippen molar-refractivity contribution in [3.8, 4) is 0 Å². The minimum Gasteiger partial charge on any atom is -0.466 e. The third-order valence-electron chi connectivity index (χ3n) is 2.27. The maximum absolute atomic E-state index is 12.6. The molecule has 2 aromatic rings. The molecule has 0 saturated heterocycles. The van der Waals surface area contributed by atoms with Crippen LogP contribution in [0.2, 0.25) is 0 Å². The Bertz CT molecular complexity index is 546. The quantitative estimate of drug-likeness (QED) is 0.813. The van der Waals surface area contributed by atoms with Crippen molar-refractivity contribution in [2.45, 2.75) is 13.8 Å². The molecule has 0 bridgehead atoms. The van der Waals surface area contributed by atoms with Crippen LogP contribution in [0.1, 0.15) is 21.9 Å². The van der Waals surface area contributed by atoms with Gasteiger partial charge in [-0.1, -0.05) is 0 Å². The molecule has 0 radical (unpaired) electrons. The number of furan rings is 1. The van der Waals surface area contributed by atoms with Crippen molar-refractivity contribution < 1.29 is 13.6 Å². The van der Waals surface area contributed by atoms with E-state index in [1.54, 1.807) is 19.9 Å². The molecule has 2 rings (SSSR count). The van der Waals surface area contributed by atoms with Gasteiger partial charge in [0.25, 0.3) is 5.91 Å². The zero-order valence-corrected chi connectivity index (χ0v) is 9.45. The maximum Gasteiger partial charge on any atom is 0.259 e. The largest absolute Gasteiger partial charge is 0.466 e. The summed E-state index contributed by atoms with van der Waals surface area (Å²) in [4.78, 5) is 15.3. The summed E-state index contributed by atoms with van der Waals surface area (Å²) >= 11 is 0. The molecule has 5 heteroatoms. The number of rotatable bonds is 2. The van der Waals surface area contributed by atoms with E-state index in [2.05, 4.69) is 10.3 Å². The van der Waals surface area contributed by atoms with Crippen molar-refractivity contribution in [2.75, 3.05) is 5.32 Å². The second-order valence-corrected chi connectivity index (χ2v) is 3.65. The Morgan fingerprint density at radius 2 is 2.18 bits per heavy atom. The van der Waals surface area contributed by atoms with Gasteiger partial charge in [0.15, 0.2) is 0 Å². The number of hydrogen-bond acceptors (Lipinski definition) is 3. The van der Waals surface area contributed by atoms with Gasteiger partial charge in [-0.15, -0.1) is 0 Å². The Hall–Kier alpha value is -2.17. The number of nitrogens with zero attached hydrogens (tertiary/aromatic N) is 1. The lowest BCUT2D eigenvalue weighted by Crippen LogP contribution is -2.12. The van der Waals surface area contributed by atoms with Crippen molar-refractivity contribution in [1.29, 1.82) is 0 Å². The number of nitrogens with one attached hydrogen (secondary N) is 1. The highest BCUT2D eigenvalue weighted by atomic mass is 19.1. The first kappa shape index (κ1) is 11.3. The van der Waals surface area contributed by atoms with Crippen LogP contribution in [0.3, 0.4) is 0 Å². The summed E-state index contributed by atoms with van der Waals surface area (Å²) in [6.07, 6.45) is 1.26. The molecule has 2 heterocycles. The van der Waals surface area contributed by atoms with E-state index in [1.165, 1.54) is 18.3 Å². The minimum absolute atomic E-state index is 0.298. The number of carbonyl (C=O) groups is 1. The molecule has 17 heavy (non-hydrogen) atoms. The van der Waals surface area contributed by atoms with E-state index in [4.69, 9.17) is 4.42 Å². The van der Waals surface area contributed by atoms with E-state index in [-0.39, 0.29) is 5.91 Å². The molecule has 4 nitrogen and oxygen atoms in total. The SMILES string of the molecule is Cc1cc(C(=O)Nc2ccc(F)nc2)c(C)o1. The van der Waals surface area contributed by atoms with Crippen LogP contribution in [0.15, 0.2) is 28.8 Å². The fourth-order valence-electron chi connectivity index (χ4n) is 1.50. The second-order valence-electron chi connectivity index (χ2n) is 3.65. The average molecular weight is 234 g/mol. The Morgan fingerprint density at radius 1 is 1.41 bits per heavy atom. The molecule has 0 unspecified atom stereocenters. The van der Waals surface area contributed by atoms with Crippen LogP contribution < -0.4 is 5.32 Å². The second kappa shape index (κ2) is 4.37. The first-order valence-electron chi connectivity index (χ1n) is 5.06. The first-order chi connectivity index (χ1) is 8.06. The number of hydrogen-bond donors (Lipinski definition) is 1. The number of anilines is 1. The molecular weight excluding hydrogens is 223 g/mol. The summed E-state index contributed by atoms with van der Waals surface area (Å²) < 4.78 is 17.8. The van der Waals surface area contributed by atoms with E-state index < -0.39 is 5.95 Å². The molecule has 2 aromatic heterocycles. The van der Waals surface area contributed by atoms with Gasteiger partial charge in [-0.05, 0) is 32.0 Å². The molecule has 0 fully saturated rings. The molecule has 0 aromatic carbocycles. The predicted molar refractivity (Wildman–Crippen MR) is 60.3 cm³/mol. The molecule has 0 aliphatic heterocycles. The summed E-state index contributed by atoms with van der Waals surface area (Å²) in [6.45, 7) is 3.48. The molecule has 0 saturated carbocycles. The Balaban J connectivity index is 2.17. The topological polar surface area (TPSA) is 55.1 Å². The van der Waals surface area contributed by atoms with Crippen molar-refractivity contribution >= 4 is 11.6 Å². The fraction of sp³-hybridized carbons (Fsp3) is 0.167. The fourth-order valence-corrected chi connectivity index (χ4v) is 1.50.